The van der Waals surface area contributed by atoms with Crippen molar-refractivity contribution in [2.75, 3.05) is 19.0 Å². The highest BCUT2D eigenvalue weighted by Crippen LogP contribution is 2.16. The van der Waals surface area contributed by atoms with E-state index in [-0.39, 0.29) is 17.6 Å². The minimum Gasteiger partial charge on any atom is -0.462 e. The molecule has 7 heteroatoms. The van der Waals surface area contributed by atoms with Gasteiger partial charge >= 0.3 is 5.97 Å². The van der Waals surface area contributed by atoms with E-state index in [9.17, 15) is 9.59 Å². The fourth-order valence-corrected chi connectivity index (χ4v) is 2.69. The zero-order valence-electron chi connectivity index (χ0n) is 16.3. The molecule has 0 aliphatic heterocycles. The van der Waals surface area contributed by atoms with Crippen molar-refractivity contribution in [3.8, 4) is 0 Å². The summed E-state index contributed by atoms with van der Waals surface area (Å²) < 4.78 is 4.96. The van der Waals surface area contributed by atoms with Gasteiger partial charge in [0.2, 0.25) is 0 Å². The molecule has 1 N–H and O–H groups in total. The molecule has 0 fully saturated rings. The number of carbonyl (C=O) groups is 2. The molecule has 0 aliphatic rings. The Morgan fingerprint density at radius 3 is 2.31 bits per heavy atom. The van der Waals surface area contributed by atoms with Crippen LogP contribution in [-0.2, 0) is 11.3 Å². The van der Waals surface area contributed by atoms with E-state index in [0.717, 1.165) is 11.3 Å². The maximum absolute atomic E-state index is 12.5. The molecule has 1 amide bonds. The van der Waals surface area contributed by atoms with Crippen LogP contribution in [0.25, 0.3) is 0 Å². The Labute approximate surface area is 169 Å². The number of esters is 1. The van der Waals surface area contributed by atoms with Gasteiger partial charge in [0.15, 0.2) is 11.5 Å². The summed E-state index contributed by atoms with van der Waals surface area (Å²) in [7, 11) is 1.73. The van der Waals surface area contributed by atoms with Gasteiger partial charge in [0.25, 0.3) is 5.91 Å². The first-order chi connectivity index (χ1) is 14.1. The van der Waals surface area contributed by atoms with Gasteiger partial charge in [0.1, 0.15) is 0 Å². The molecule has 0 spiro atoms. The summed E-state index contributed by atoms with van der Waals surface area (Å²) in [5.74, 6) is -0.0656. The van der Waals surface area contributed by atoms with E-state index in [2.05, 4.69) is 15.5 Å². The summed E-state index contributed by atoms with van der Waals surface area (Å²) in [6.45, 7) is 2.59. The minimum atomic E-state index is -0.360. The average Bonchev–Trinajstić information content (AvgIpc) is 2.75. The highest BCUT2D eigenvalue weighted by Gasteiger charge is 2.14. The molecule has 3 aromatic rings. The number of carbonyl (C=O) groups excluding carboxylic acids is 2. The molecule has 0 aliphatic carbocycles. The Hall–Kier alpha value is -3.74. The lowest BCUT2D eigenvalue weighted by atomic mass is 10.2. The Morgan fingerprint density at radius 2 is 1.69 bits per heavy atom. The normalized spacial score (nSPS) is 10.3. The summed E-state index contributed by atoms with van der Waals surface area (Å²) in [6.07, 6.45) is 0. The van der Waals surface area contributed by atoms with Gasteiger partial charge in [-0.25, -0.2) is 4.79 Å². The molecular formula is C22H22N4O3. The van der Waals surface area contributed by atoms with Crippen molar-refractivity contribution in [1.82, 2.24) is 15.1 Å². The van der Waals surface area contributed by atoms with Gasteiger partial charge in [0, 0.05) is 19.3 Å². The fraction of sp³-hybridized carbons (Fsp3) is 0.182. The molecule has 0 saturated carbocycles. The second kappa shape index (κ2) is 9.45. The molecule has 1 aromatic heterocycles. The summed E-state index contributed by atoms with van der Waals surface area (Å²) >= 11 is 0. The molecule has 3 rings (SSSR count). The van der Waals surface area contributed by atoms with Crippen LogP contribution in [0.4, 0.5) is 11.5 Å². The minimum absolute atomic E-state index is 0.202. The predicted molar refractivity (Wildman–Crippen MR) is 110 cm³/mol. The first-order valence-corrected chi connectivity index (χ1v) is 9.24. The van der Waals surface area contributed by atoms with E-state index in [1.807, 2.05) is 30.3 Å². The lowest BCUT2D eigenvalue weighted by Gasteiger charge is -2.16. The van der Waals surface area contributed by atoms with Crippen LogP contribution in [0.3, 0.4) is 0 Å². The average molecular weight is 390 g/mol. The van der Waals surface area contributed by atoms with Crippen LogP contribution < -0.4 is 5.32 Å². The van der Waals surface area contributed by atoms with Gasteiger partial charge < -0.3 is 15.0 Å². The predicted octanol–water partition coefficient (Wildman–Crippen LogP) is 3.67. The summed E-state index contributed by atoms with van der Waals surface area (Å²) in [5.41, 5.74) is 2.53. The van der Waals surface area contributed by atoms with Crippen molar-refractivity contribution in [3.63, 3.8) is 0 Å². The van der Waals surface area contributed by atoms with E-state index < -0.39 is 0 Å². The highest BCUT2D eigenvalue weighted by molar-refractivity contribution is 5.92. The topological polar surface area (TPSA) is 84.4 Å². The number of benzene rings is 2. The molecule has 148 valence electrons. The van der Waals surface area contributed by atoms with E-state index >= 15 is 0 Å². The standard InChI is InChI=1S/C22H22N4O3/c1-3-29-22(28)17-9-11-18(12-10-17)23-20-14-13-19(24-25-20)21(27)26(2)15-16-7-5-4-6-8-16/h4-14H,3,15H2,1-2H3,(H,23,25). The number of amides is 1. The van der Waals surface area contributed by atoms with Crippen LogP contribution in [0.2, 0.25) is 0 Å². The van der Waals surface area contributed by atoms with Gasteiger partial charge in [-0.1, -0.05) is 30.3 Å². The third-order valence-electron chi connectivity index (χ3n) is 4.16. The molecule has 2 aromatic carbocycles. The van der Waals surface area contributed by atoms with Crippen molar-refractivity contribution >= 4 is 23.4 Å². The lowest BCUT2D eigenvalue weighted by Crippen LogP contribution is -2.27. The molecular weight excluding hydrogens is 368 g/mol. The number of ether oxygens (including phenoxy) is 1. The number of hydrogen-bond donors (Lipinski definition) is 1. The van der Waals surface area contributed by atoms with Gasteiger partial charge in [-0.3, -0.25) is 4.79 Å². The largest absolute Gasteiger partial charge is 0.462 e. The van der Waals surface area contributed by atoms with Gasteiger partial charge in [-0.15, -0.1) is 10.2 Å². The number of rotatable bonds is 7. The van der Waals surface area contributed by atoms with E-state index in [4.69, 9.17) is 4.74 Å². The van der Waals surface area contributed by atoms with Crippen LogP contribution in [-0.4, -0.2) is 40.6 Å². The fourth-order valence-electron chi connectivity index (χ4n) is 2.69. The van der Waals surface area contributed by atoms with Crippen molar-refractivity contribution < 1.29 is 14.3 Å². The monoisotopic (exact) mass is 390 g/mol. The number of hydrogen-bond acceptors (Lipinski definition) is 6. The van der Waals surface area contributed by atoms with E-state index in [1.54, 1.807) is 55.3 Å². The smallest absolute Gasteiger partial charge is 0.338 e. The highest BCUT2D eigenvalue weighted by atomic mass is 16.5. The molecule has 0 atom stereocenters. The zero-order valence-corrected chi connectivity index (χ0v) is 16.3. The molecule has 0 bridgehead atoms. The maximum atomic E-state index is 12.5. The number of nitrogens with one attached hydrogen (secondary N) is 1. The molecule has 0 saturated heterocycles. The van der Waals surface area contributed by atoms with E-state index in [1.165, 1.54) is 0 Å². The van der Waals surface area contributed by atoms with Gasteiger partial charge in [-0.2, -0.15) is 0 Å². The van der Waals surface area contributed by atoms with Crippen LogP contribution in [0.5, 0.6) is 0 Å². The van der Waals surface area contributed by atoms with Crippen molar-refractivity contribution in [1.29, 1.82) is 0 Å². The first kappa shape index (κ1) is 20.0. The van der Waals surface area contributed by atoms with Gasteiger partial charge in [-0.05, 0) is 48.9 Å². The van der Waals surface area contributed by atoms with Crippen LogP contribution >= 0.6 is 0 Å². The first-order valence-electron chi connectivity index (χ1n) is 9.24. The van der Waals surface area contributed by atoms with Crippen LogP contribution in [0.1, 0.15) is 33.3 Å². The van der Waals surface area contributed by atoms with Crippen LogP contribution in [0, 0.1) is 0 Å². The number of anilines is 2. The summed E-state index contributed by atoms with van der Waals surface area (Å²) in [4.78, 5) is 25.8. The summed E-state index contributed by atoms with van der Waals surface area (Å²) in [6, 6.07) is 19.9. The van der Waals surface area contributed by atoms with E-state index in [0.29, 0.717) is 24.5 Å². The summed E-state index contributed by atoms with van der Waals surface area (Å²) in [5, 5.41) is 11.2. The van der Waals surface area contributed by atoms with Crippen molar-refractivity contribution in [3.05, 3.63) is 83.6 Å². The Kier molecular flexibility index (Phi) is 6.52. The van der Waals surface area contributed by atoms with Crippen molar-refractivity contribution in [2.45, 2.75) is 13.5 Å². The molecule has 0 unspecified atom stereocenters. The maximum Gasteiger partial charge on any atom is 0.338 e. The van der Waals surface area contributed by atoms with Gasteiger partial charge in [0.05, 0.1) is 12.2 Å². The molecule has 0 radical (unpaired) electrons. The van der Waals surface area contributed by atoms with Crippen molar-refractivity contribution in [2.24, 2.45) is 0 Å². The zero-order chi connectivity index (χ0) is 20.6. The molecule has 1 heterocycles. The SMILES string of the molecule is CCOC(=O)c1ccc(Nc2ccc(C(=O)N(C)Cc3ccccc3)nn2)cc1. The third kappa shape index (κ3) is 5.38. The molecule has 29 heavy (non-hydrogen) atoms. The lowest BCUT2D eigenvalue weighted by molar-refractivity contribution is 0.0526. The molecule has 7 nitrogen and oxygen atoms in total. The number of aromatic nitrogens is 2. The quantitative estimate of drug-likeness (QED) is 0.620. The second-order valence-corrected chi connectivity index (χ2v) is 6.37. The van der Waals surface area contributed by atoms with Crippen LogP contribution in [0.15, 0.2) is 66.7 Å². The number of nitrogens with zero attached hydrogens (tertiary/aromatic N) is 3. The Balaban J connectivity index is 1.61. The Bertz CT molecular complexity index is 958. The second-order valence-electron chi connectivity index (χ2n) is 6.37. The Morgan fingerprint density at radius 1 is 0.966 bits per heavy atom. The third-order valence-corrected chi connectivity index (χ3v) is 4.16.